The Balaban J connectivity index is 1.68. The van der Waals surface area contributed by atoms with Gasteiger partial charge < -0.3 is 15.4 Å². The van der Waals surface area contributed by atoms with Crippen LogP contribution < -0.4 is 16.6 Å². The number of carboxylic acids is 1. The van der Waals surface area contributed by atoms with Crippen LogP contribution in [0, 0.1) is 0 Å². The Morgan fingerprint density at radius 2 is 1.79 bits per heavy atom. The van der Waals surface area contributed by atoms with Crippen LogP contribution in [0.5, 0.6) is 0 Å². The number of benzene rings is 2. The molecule has 9 heteroatoms. The molecule has 0 spiro atoms. The van der Waals surface area contributed by atoms with Crippen molar-refractivity contribution in [2.24, 2.45) is 0 Å². The minimum absolute atomic E-state index is 0.374. The van der Waals surface area contributed by atoms with E-state index in [4.69, 9.17) is 11.6 Å². The van der Waals surface area contributed by atoms with E-state index < -0.39 is 23.3 Å². The van der Waals surface area contributed by atoms with Crippen LogP contribution in [0.3, 0.4) is 0 Å². The molecule has 7 nitrogen and oxygen atoms in total. The fourth-order valence-corrected chi connectivity index (χ4v) is 4.11. The summed E-state index contributed by atoms with van der Waals surface area (Å²) in [6.07, 6.45) is 0. The first-order chi connectivity index (χ1) is 13.9. The Morgan fingerprint density at radius 1 is 1.07 bits per heavy atom. The Kier molecular flexibility index (Phi) is 4.96. The Bertz CT molecular complexity index is 1320. The first kappa shape index (κ1) is 19.0. The summed E-state index contributed by atoms with van der Waals surface area (Å²) in [6, 6.07) is 15.5. The molecule has 1 atom stereocenters. The molecule has 0 radical (unpaired) electrons. The predicted octanol–water partition coefficient (Wildman–Crippen LogP) is 3.63. The molecule has 146 valence electrons. The molecular formula is C20H14ClN3O4S. The van der Waals surface area contributed by atoms with Crippen molar-refractivity contribution in [3.63, 3.8) is 0 Å². The summed E-state index contributed by atoms with van der Waals surface area (Å²) in [4.78, 5) is 40.0. The van der Waals surface area contributed by atoms with Crippen molar-refractivity contribution >= 4 is 45.5 Å². The lowest BCUT2D eigenvalue weighted by molar-refractivity contribution is -0.138. The van der Waals surface area contributed by atoms with Gasteiger partial charge in [0.15, 0.2) is 6.04 Å². The molecule has 4 rings (SSSR count). The maximum absolute atomic E-state index is 12.7. The molecule has 29 heavy (non-hydrogen) atoms. The van der Waals surface area contributed by atoms with Gasteiger partial charge in [-0.1, -0.05) is 23.7 Å². The summed E-state index contributed by atoms with van der Waals surface area (Å²) < 4.78 is 1.54. The molecule has 0 fully saturated rings. The van der Waals surface area contributed by atoms with E-state index in [0.717, 1.165) is 4.57 Å². The van der Waals surface area contributed by atoms with Crippen molar-refractivity contribution in [1.29, 1.82) is 0 Å². The van der Waals surface area contributed by atoms with Gasteiger partial charge in [-0.05, 0) is 48.5 Å². The number of aromatic nitrogens is 2. The normalized spacial score (nSPS) is 12.0. The number of para-hydroxylation sites is 1. The predicted molar refractivity (Wildman–Crippen MR) is 113 cm³/mol. The van der Waals surface area contributed by atoms with Crippen LogP contribution in [0.15, 0.2) is 70.3 Å². The number of rotatable bonds is 5. The smallest absolute Gasteiger partial charge is 0.333 e. The second-order valence-electron chi connectivity index (χ2n) is 6.22. The number of thiophene rings is 1. The minimum atomic E-state index is -1.05. The molecule has 0 saturated heterocycles. The van der Waals surface area contributed by atoms with E-state index in [-0.39, 0.29) is 0 Å². The van der Waals surface area contributed by atoms with Crippen LogP contribution in [-0.2, 0) is 4.79 Å². The Hall–Kier alpha value is -3.36. The third kappa shape index (κ3) is 3.67. The number of carboxylic acid groups (broad SMARTS) is 1. The number of hydrogen-bond acceptors (Lipinski definition) is 5. The van der Waals surface area contributed by atoms with E-state index >= 15 is 0 Å². The summed E-state index contributed by atoms with van der Waals surface area (Å²) in [5.41, 5.74) is 0.387. The lowest BCUT2D eigenvalue weighted by Crippen LogP contribution is -2.33. The molecule has 3 N–H and O–H groups in total. The fourth-order valence-electron chi connectivity index (χ4n) is 3.01. The molecule has 0 saturated carbocycles. The van der Waals surface area contributed by atoms with Gasteiger partial charge in [-0.25, -0.2) is 14.2 Å². The molecule has 0 bridgehead atoms. The van der Waals surface area contributed by atoms with Crippen molar-refractivity contribution in [3.8, 4) is 5.69 Å². The topological polar surface area (TPSA) is 104 Å². The highest BCUT2D eigenvalue weighted by Gasteiger charge is 2.21. The summed E-state index contributed by atoms with van der Waals surface area (Å²) >= 11 is 7.08. The zero-order valence-electron chi connectivity index (χ0n) is 14.8. The van der Waals surface area contributed by atoms with Crippen molar-refractivity contribution < 1.29 is 9.90 Å². The van der Waals surface area contributed by atoms with Gasteiger partial charge in [0.1, 0.15) is 0 Å². The molecule has 2 aromatic heterocycles. The third-order valence-electron chi connectivity index (χ3n) is 4.37. The Morgan fingerprint density at radius 3 is 2.45 bits per heavy atom. The number of anilines is 1. The molecule has 1 unspecified atom stereocenters. The quantitative estimate of drug-likeness (QED) is 0.451. The first-order valence-corrected chi connectivity index (χ1v) is 9.72. The largest absolute Gasteiger partial charge is 0.479 e. The monoisotopic (exact) mass is 427 g/mol. The number of fused-ring (bicyclic) bond motifs is 1. The minimum Gasteiger partial charge on any atom is -0.479 e. The van der Waals surface area contributed by atoms with Gasteiger partial charge in [-0.15, -0.1) is 11.3 Å². The van der Waals surface area contributed by atoms with E-state index in [2.05, 4.69) is 10.3 Å². The van der Waals surface area contributed by atoms with Gasteiger partial charge in [0.25, 0.3) is 5.56 Å². The Labute approximate surface area is 172 Å². The van der Waals surface area contributed by atoms with Crippen LogP contribution in [0.2, 0.25) is 4.34 Å². The van der Waals surface area contributed by atoms with Gasteiger partial charge in [0.05, 0.1) is 20.9 Å². The molecule has 0 aliphatic rings. The molecule has 0 aliphatic heterocycles. The average molecular weight is 428 g/mol. The number of hydrogen-bond donors (Lipinski definition) is 3. The molecule has 4 aromatic rings. The summed E-state index contributed by atoms with van der Waals surface area (Å²) in [5.74, 6) is -1.05. The van der Waals surface area contributed by atoms with Crippen LogP contribution in [0.1, 0.15) is 10.9 Å². The maximum Gasteiger partial charge on any atom is 0.333 e. The lowest BCUT2D eigenvalue weighted by Gasteiger charge is -2.15. The SMILES string of the molecule is O=C(O)C(Nc1ccc(-n2c(=O)[nH]c3ccccc3c2=O)cc1)c1ccc(Cl)s1. The highest BCUT2D eigenvalue weighted by Crippen LogP contribution is 2.29. The van der Waals surface area contributed by atoms with E-state index in [0.29, 0.717) is 31.5 Å². The molecular weight excluding hydrogens is 414 g/mol. The number of nitrogens with one attached hydrogen (secondary N) is 2. The number of aliphatic carboxylic acids is 1. The third-order valence-corrected chi connectivity index (χ3v) is 5.66. The zero-order valence-corrected chi connectivity index (χ0v) is 16.3. The molecule has 2 aromatic carbocycles. The van der Waals surface area contributed by atoms with Gasteiger partial charge in [0, 0.05) is 10.6 Å². The van der Waals surface area contributed by atoms with E-state index in [9.17, 15) is 19.5 Å². The van der Waals surface area contributed by atoms with Crippen LogP contribution in [0.25, 0.3) is 16.6 Å². The maximum atomic E-state index is 12.7. The lowest BCUT2D eigenvalue weighted by atomic mass is 10.2. The zero-order chi connectivity index (χ0) is 20.5. The molecule has 0 amide bonds. The number of carbonyl (C=O) groups is 1. The van der Waals surface area contributed by atoms with Gasteiger partial charge in [-0.3, -0.25) is 4.79 Å². The van der Waals surface area contributed by atoms with Crippen molar-refractivity contribution in [2.45, 2.75) is 6.04 Å². The van der Waals surface area contributed by atoms with E-state index in [1.807, 2.05) is 0 Å². The van der Waals surface area contributed by atoms with Gasteiger partial charge >= 0.3 is 11.7 Å². The number of nitrogens with zero attached hydrogens (tertiary/aromatic N) is 1. The average Bonchev–Trinajstić information content (AvgIpc) is 3.13. The molecule has 0 aliphatic carbocycles. The highest BCUT2D eigenvalue weighted by molar-refractivity contribution is 7.16. The number of halogens is 1. The summed E-state index contributed by atoms with van der Waals surface area (Å²) in [7, 11) is 0. The van der Waals surface area contributed by atoms with Crippen LogP contribution in [0.4, 0.5) is 5.69 Å². The highest BCUT2D eigenvalue weighted by atomic mass is 35.5. The molecule has 2 heterocycles. The van der Waals surface area contributed by atoms with Gasteiger partial charge in [-0.2, -0.15) is 0 Å². The number of H-pyrrole nitrogens is 1. The van der Waals surface area contributed by atoms with E-state index in [1.54, 1.807) is 60.7 Å². The second kappa shape index (κ2) is 7.57. The van der Waals surface area contributed by atoms with Crippen LogP contribution >= 0.6 is 22.9 Å². The van der Waals surface area contributed by atoms with Crippen molar-refractivity contribution in [3.05, 3.63) is 90.7 Å². The summed E-state index contributed by atoms with van der Waals surface area (Å²) in [5, 5.41) is 12.8. The number of aromatic amines is 1. The van der Waals surface area contributed by atoms with Gasteiger partial charge in [0.2, 0.25) is 0 Å². The van der Waals surface area contributed by atoms with Crippen LogP contribution in [-0.4, -0.2) is 20.6 Å². The van der Waals surface area contributed by atoms with E-state index in [1.165, 1.54) is 11.3 Å². The van der Waals surface area contributed by atoms with Crippen molar-refractivity contribution in [1.82, 2.24) is 9.55 Å². The first-order valence-electron chi connectivity index (χ1n) is 8.53. The summed E-state index contributed by atoms with van der Waals surface area (Å²) in [6.45, 7) is 0. The second-order valence-corrected chi connectivity index (χ2v) is 7.97. The standard InChI is InChI=1S/C20H14ClN3O4S/c21-16-10-9-15(29-16)17(19(26)27)22-11-5-7-12(8-6-11)24-18(25)13-3-1-2-4-14(13)23-20(24)28/h1-10,17,22H,(H,23,28)(H,26,27). The van der Waals surface area contributed by atoms with Crippen molar-refractivity contribution in [2.75, 3.05) is 5.32 Å². The fraction of sp³-hybridized carbons (Fsp3) is 0.0500.